The molecule has 0 atom stereocenters. The van der Waals surface area contributed by atoms with E-state index in [-0.39, 0.29) is 11.6 Å². The summed E-state index contributed by atoms with van der Waals surface area (Å²) in [5, 5.41) is 6.63. The van der Waals surface area contributed by atoms with Gasteiger partial charge in [-0.15, -0.1) is 0 Å². The average molecular weight is 270 g/mol. The van der Waals surface area contributed by atoms with Crippen molar-refractivity contribution in [1.29, 1.82) is 0 Å². The Labute approximate surface area is 114 Å². The predicted molar refractivity (Wildman–Crippen MR) is 72.5 cm³/mol. The fourth-order valence-electron chi connectivity index (χ4n) is 1.79. The molecule has 1 aromatic carbocycles. The third kappa shape index (κ3) is 2.23. The first kappa shape index (κ1) is 12.3. The highest BCUT2D eigenvalue weighted by Crippen LogP contribution is 2.24. The van der Waals surface area contributed by atoms with Crippen LogP contribution < -0.4 is 5.32 Å². The van der Waals surface area contributed by atoms with Gasteiger partial charge in [-0.3, -0.25) is 0 Å². The van der Waals surface area contributed by atoms with Crippen molar-refractivity contribution in [3.05, 3.63) is 48.4 Å². The molecule has 0 aliphatic rings. The summed E-state index contributed by atoms with van der Waals surface area (Å²) >= 11 is 0. The fraction of sp³-hybridized carbons (Fsp3) is 0.0714. The van der Waals surface area contributed by atoms with Crippen molar-refractivity contribution in [3.8, 4) is 22.8 Å². The number of rotatable bonds is 3. The molecule has 2 aromatic heterocycles. The maximum absolute atomic E-state index is 13.3. The SMILES string of the molecule is CNc1nc(-c2cc(-c3ccccc3)no2)ncc1F. The Bertz CT molecular complexity index is 727. The summed E-state index contributed by atoms with van der Waals surface area (Å²) in [6, 6.07) is 11.3. The molecule has 6 heteroatoms. The van der Waals surface area contributed by atoms with E-state index >= 15 is 0 Å². The summed E-state index contributed by atoms with van der Waals surface area (Å²) < 4.78 is 18.5. The smallest absolute Gasteiger partial charge is 0.204 e. The van der Waals surface area contributed by atoms with Gasteiger partial charge in [0.1, 0.15) is 5.69 Å². The standard InChI is InChI=1S/C14H11FN4O/c1-16-13-10(15)8-17-14(18-13)12-7-11(19-20-12)9-5-3-2-4-6-9/h2-8H,1H3,(H,16,17,18). The Hall–Kier alpha value is -2.76. The predicted octanol–water partition coefficient (Wildman–Crippen LogP) is 2.98. The molecule has 20 heavy (non-hydrogen) atoms. The fourth-order valence-corrected chi connectivity index (χ4v) is 1.79. The number of aromatic nitrogens is 3. The third-order valence-corrected chi connectivity index (χ3v) is 2.78. The maximum atomic E-state index is 13.3. The lowest BCUT2D eigenvalue weighted by molar-refractivity contribution is 0.432. The largest absolute Gasteiger partial charge is 0.371 e. The van der Waals surface area contributed by atoms with Crippen LogP contribution in [0.2, 0.25) is 0 Å². The highest BCUT2D eigenvalue weighted by Gasteiger charge is 2.13. The van der Waals surface area contributed by atoms with Crippen molar-refractivity contribution in [3.63, 3.8) is 0 Å². The van der Waals surface area contributed by atoms with Crippen LogP contribution in [0.1, 0.15) is 0 Å². The molecular formula is C14H11FN4O. The molecule has 2 heterocycles. The second-order valence-electron chi connectivity index (χ2n) is 4.08. The third-order valence-electron chi connectivity index (χ3n) is 2.78. The first-order valence-corrected chi connectivity index (χ1v) is 6.01. The Balaban J connectivity index is 1.98. The van der Waals surface area contributed by atoms with Gasteiger partial charge in [0.2, 0.25) is 11.6 Å². The van der Waals surface area contributed by atoms with Crippen LogP contribution in [-0.4, -0.2) is 22.2 Å². The Kier molecular flexibility index (Phi) is 3.12. The van der Waals surface area contributed by atoms with E-state index < -0.39 is 5.82 Å². The van der Waals surface area contributed by atoms with E-state index in [1.54, 1.807) is 13.1 Å². The number of nitrogens with zero attached hydrogens (tertiary/aromatic N) is 3. The minimum absolute atomic E-state index is 0.118. The van der Waals surface area contributed by atoms with Crippen LogP contribution in [0.4, 0.5) is 10.2 Å². The molecule has 5 nitrogen and oxygen atoms in total. The molecular weight excluding hydrogens is 259 g/mol. The van der Waals surface area contributed by atoms with E-state index in [0.717, 1.165) is 11.8 Å². The van der Waals surface area contributed by atoms with E-state index in [0.29, 0.717) is 11.5 Å². The molecule has 0 unspecified atom stereocenters. The number of halogens is 1. The summed E-state index contributed by atoms with van der Waals surface area (Å²) in [5.41, 5.74) is 1.61. The quantitative estimate of drug-likeness (QED) is 0.792. The molecule has 100 valence electrons. The van der Waals surface area contributed by atoms with Gasteiger partial charge in [0.05, 0.1) is 6.20 Å². The number of nitrogens with one attached hydrogen (secondary N) is 1. The van der Waals surface area contributed by atoms with Gasteiger partial charge >= 0.3 is 0 Å². The van der Waals surface area contributed by atoms with E-state index in [1.165, 1.54) is 0 Å². The summed E-state index contributed by atoms with van der Waals surface area (Å²) in [5.74, 6) is 0.275. The zero-order chi connectivity index (χ0) is 13.9. The molecule has 0 bridgehead atoms. The van der Waals surface area contributed by atoms with Crippen LogP contribution in [0, 0.1) is 5.82 Å². The lowest BCUT2D eigenvalue weighted by Gasteiger charge is -2.01. The summed E-state index contributed by atoms with van der Waals surface area (Å²) in [7, 11) is 1.59. The van der Waals surface area contributed by atoms with Crippen LogP contribution in [-0.2, 0) is 0 Å². The van der Waals surface area contributed by atoms with Crippen molar-refractivity contribution in [1.82, 2.24) is 15.1 Å². The monoisotopic (exact) mass is 270 g/mol. The molecule has 3 aromatic rings. The van der Waals surface area contributed by atoms with Gasteiger partial charge in [-0.05, 0) is 0 Å². The van der Waals surface area contributed by atoms with Gasteiger partial charge < -0.3 is 9.84 Å². The molecule has 3 rings (SSSR count). The van der Waals surface area contributed by atoms with Gasteiger partial charge in [-0.25, -0.2) is 14.4 Å². The van der Waals surface area contributed by atoms with Crippen LogP contribution in [0.5, 0.6) is 0 Å². The minimum Gasteiger partial charge on any atom is -0.371 e. The lowest BCUT2D eigenvalue weighted by Crippen LogP contribution is -1.99. The topological polar surface area (TPSA) is 63.8 Å². The second-order valence-corrected chi connectivity index (χ2v) is 4.08. The van der Waals surface area contributed by atoms with Gasteiger partial charge in [-0.2, -0.15) is 0 Å². The van der Waals surface area contributed by atoms with Crippen LogP contribution >= 0.6 is 0 Å². The van der Waals surface area contributed by atoms with Crippen molar-refractivity contribution in [2.75, 3.05) is 12.4 Å². The van der Waals surface area contributed by atoms with Crippen molar-refractivity contribution in [2.45, 2.75) is 0 Å². The molecule has 0 spiro atoms. The number of hydrogen-bond acceptors (Lipinski definition) is 5. The highest BCUT2D eigenvalue weighted by molar-refractivity contribution is 5.63. The molecule has 0 amide bonds. The number of hydrogen-bond donors (Lipinski definition) is 1. The van der Waals surface area contributed by atoms with Gasteiger partial charge in [0.25, 0.3) is 0 Å². The molecule has 0 aliphatic heterocycles. The van der Waals surface area contributed by atoms with E-state index in [4.69, 9.17) is 4.52 Å². The molecule has 0 fully saturated rings. The zero-order valence-corrected chi connectivity index (χ0v) is 10.7. The van der Waals surface area contributed by atoms with Crippen molar-refractivity contribution >= 4 is 5.82 Å². The van der Waals surface area contributed by atoms with Crippen LogP contribution in [0.3, 0.4) is 0 Å². The Morgan fingerprint density at radius 1 is 1.20 bits per heavy atom. The van der Waals surface area contributed by atoms with E-state index in [9.17, 15) is 4.39 Å². The van der Waals surface area contributed by atoms with E-state index in [1.807, 2.05) is 30.3 Å². The van der Waals surface area contributed by atoms with Gasteiger partial charge in [0.15, 0.2) is 11.6 Å². The minimum atomic E-state index is -0.515. The second kappa shape index (κ2) is 5.08. The highest BCUT2D eigenvalue weighted by atomic mass is 19.1. The summed E-state index contributed by atoms with van der Waals surface area (Å²) in [6.45, 7) is 0. The zero-order valence-electron chi connectivity index (χ0n) is 10.7. The summed E-state index contributed by atoms with van der Waals surface area (Å²) in [4.78, 5) is 7.94. The van der Waals surface area contributed by atoms with Gasteiger partial charge in [0, 0.05) is 18.7 Å². The van der Waals surface area contributed by atoms with E-state index in [2.05, 4.69) is 20.4 Å². The average Bonchev–Trinajstić information content (AvgIpc) is 2.98. The number of benzene rings is 1. The first-order valence-electron chi connectivity index (χ1n) is 6.01. The maximum Gasteiger partial charge on any atom is 0.204 e. The van der Waals surface area contributed by atoms with Crippen LogP contribution in [0.25, 0.3) is 22.8 Å². The number of anilines is 1. The van der Waals surface area contributed by atoms with Gasteiger partial charge in [-0.1, -0.05) is 35.5 Å². The van der Waals surface area contributed by atoms with Crippen molar-refractivity contribution in [2.24, 2.45) is 0 Å². The molecule has 0 saturated carbocycles. The summed E-state index contributed by atoms with van der Waals surface area (Å²) in [6.07, 6.45) is 1.10. The molecule has 0 saturated heterocycles. The van der Waals surface area contributed by atoms with Crippen LogP contribution in [0.15, 0.2) is 47.1 Å². The first-order chi connectivity index (χ1) is 9.78. The van der Waals surface area contributed by atoms with Crippen molar-refractivity contribution < 1.29 is 8.91 Å². The molecule has 0 radical (unpaired) electrons. The normalized spacial score (nSPS) is 10.5. The lowest BCUT2D eigenvalue weighted by atomic mass is 10.1. The molecule has 1 N–H and O–H groups in total. The molecule has 0 aliphatic carbocycles. The Morgan fingerprint density at radius 3 is 2.75 bits per heavy atom. The Morgan fingerprint density at radius 2 is 2.00 bits per heavy atom.